The lowest BCUT2D eigenvalue weighted by molar-refractivity contribution is -0.123. The van der Waals surface area contributed by atoms with Gasteiger partial charge in [-0.25, -0.2) is 4.79 Å². The van der Waals surface area contributed by atoms with E-state index in [9.17, 15) is 14.4 Å². The maximum Gasteiger partial charge on any atom is 0.330 e. The summed E-state index contributed by atoms with van der Waals surface area (Å²) in [6, 6.07) is 9.31. The molecule has 0 bridgehead atoms. The maximum absolute atomic E-state index is 13.1. The summed E-state index contributed by atoms with van der Waals surface area (Å²) in [4.78, 5) is 43.7. The molecule has 1 aromatic carbocycles. The second-order valence-corrected chi connectivity index (χ2v) is 7.65. The lowest BCUT2D eigenvalue weighted by Crippen LogP contribution is -2.51. The molecule has 0 saturated carbocycles. The van der Waals surface area contributed by atoms with E-state index in [1.807, 2.05) is 49.1 Å². The molecule has 0 radical (unpaired) electrons. The van der Waals surface area contributed by atoms with Gasteiger partial charge in [0, 0.05) is 19.6 Å². The number of likely N-dealkylation sites (N-methyl/N-ethyl adjacent to an activating group) is 1. The number of hydrogen-bond acceptors (Lipinski definition) is 6. The standard InChI is InChI=1S/C21H29N5O4/c1-4-25(17(27)13-24-10-14(2)30-15(3)11-24)18-19(22)26(21(29)23-20(18)28)12-16-8-6-5-7-9-16/h5-9,14-15H,4,10-13,22H2,1-3H3,(H,23,28,29)/t14-,15-/m0/s1. The van der Waals surface area contributed by atoms with E-state index in [1.165, 1.54) is 9.47 Å². The quantitative estimate of drug-likeness (QED) is 0.715. The Balaban J connectivity index is 1.90. The molecule has 2 atom stereocenters. The summed E-state index contributed by atoms with van der Waals surface area (Å²) in [6.45, 7) is 7.56. The van der Waals surface area contributed by atoms with E-state index in [1.54, 1.807) is 6.92 Å². The molecule has 0 spiro atoms. The summed E-state index contributed by atoms with van der Waals surface area (Å²) >= 11 is 0. The number of ether oxygens (including phenoxy) is 1. The van der Waals surface area contributed by atoms with Crippen molar-refractivity contribution in [3.63, 3.8) is 0 Å². The second-order valence-electron chi connectivity index (χ2n) is 7.65. The van der Waals surface area contributed by atoms with Crippen LogP contribution in [0.4, 0.5) is 11.5 Å². The van der Waals surface area contributed by atoms with Gasteiger partial charge in [-0.2, -0.15) is 0 Å². The van der Waals surface area contributed by atoms with Gasteiger partial charge in [0.2, 0.25) is 5.91 Å². The Labute approximate surface area is 175 Å². The van der Waals surface area contributed by atoms with Gasteiger partial charge in [0.05, 0.1) is 25.3 Å². The average molecular weight is 415 g/mol. The van der Waals surface area contributed by atoms with E-state index in [2.05, 4.69) is 4.98 Å². The van der Waals surface area contributed by atoms with Crippen LogP contribution in [0.1, 0.15) is 26.3 Å². The van der Waals surface area contributed by atoms with Crippen LogP contribution in [0.5, 0.6) is 0 Å². The number of amides is 1. The minimum absolute atomic E-state index is 0.00684. The zero-order valence-electron chi connectivity index (χ0n) is 17.6. The summed E-state index contributed by atoms with van der Waals surface area (Å²) in [5.74, 6) is -0.271. The first-order chi connectivity index (χ1) is 14.3. The summed E-state index contributed by atoms with van der Waals surface area (Å²) < 4.78 is 6.99. The predicted octanol–water partition coefficient (Wildman–Crippen LogP) is 0.629. The van der Waals surface area contributed by atoms with Crippen LogP contribution in [0.15, 0.2) is 39.9 Å². The van der Waals surface area contributed by atoms with Crippen molar-refractivity contribution in [2.45, 2.75) is 39.5 Å². The number of aromatic nitrogens is 2. The first kappa shape index (κ1) is 21.8. The fraction of sp³-hybridized carbons (Fsp3) is 0.476. The van der Waals surface area contributed by atoms with Crippen LogP contribution in [-0.2, 0) is 16.1 Å². The number of nitrogen functional groups attached to an aromatic ring is 1. The number of benzene rings is 1. The number of morpholine rings is 1. The first-order valence-electron chi connectivity index (χ1n) is 10.1. The third-order valence-electron chi connectivity index (χ3n) is 5.14. The van der Waals surface area contributed by atoms with Gasteiger partial charge in [0.15, 0.2) is 5.69 Å². The molecule has 1 saturated heterocycles. The van der Waals surface area contributed by atoms with Crippen LogP contribution in [0.25, 0.3) is 0 Å². The van der Waals surface area contributed by atoms with Gasteiger partial charge in [-0.1, -0.05) is 30.3 Å². The average Bonchev–Trinajstić information content (AvgIpc) is 2.68. The number of hydrogen-bond donors (Lipinski definition) is 2. The number of H-pyrrole nitrogens is 1. The molecule has 30 heavy (non-hydrogen) atoms. The fourth-order valence-electron chi connectivity index (χ4n) is 3.91. The van der Waals surface area contributed by atoms with Gasteiger partial charge >= 0.3 is 5.69 Å². The van der Waals surface area contributed by atoms with Crippen molar-refractivity contribution in [2.24, 2.45) is 0 Å². The minimum Gasteiger partial charge on any atom is -0.383 e. The number of aromatic amines is 1. The molecule has 1 fully saturated rings. The van der Waals surface area contributed by atoms with Crippen LogP contribution in [0.2, 0.25) is 0 Å². The molecule has 1 amide bonds. The molecule has 1 aromatic heterocycles. The molecule has 2 heterocycles. The zero-order valence-corrected chi connectivity index (χ0v) is 17.6. The molecule has 0 aliphatic carbocycles. The maximum atomic E-state index is 13.1. The number of carbonyl (C=O) groups is 1. The van der Waals surface area contributed by atoms with Crippen molar-refractivity contribution in [1.82, 2.24) is 14.5 Å². The highest BCUT2D eigenvalue weighted by Crippen LogP contribution is 2.19. The molecule has 1 aliphatic rings. The Kier molecular flexibility index (Phi) is 6.73. The van der Waals surface area contributed by atoms with Crippen LogP contribution < -0.4 is 21.9 Å². The second kappa shape index (κ2) is 9.27. The Morgan fingerprint density at radius 2 is 1.83 bits per heavy atom. The molecule has 9 nitrogen and oxygen atoms in total. The van der Waals surface area contributed by atoms with Gasteiger partial charge < -0.3 is 15.4 Å². The van der Waals surface area contributed by atoms with E-state index in [0.717, 1.165) is 5.56 Å². The number of nitrogens with zero attached hydrogens (tertiary/aromatic N) is 3. The van der Waals surface area contributed by atoms with Gasteiger partial charge in [0.25, 0.3) is 5.56 Å². The van der Waals surface area contributed by atoms with E-state index < -0.39 is 11.2 Å². The molecular formula is C21H29N5O4. The van der Waals surface area contributed by atoms with Crippen molar-refractivity contribution in [3.05, 3.63) is 56.7 Å². The highest BCUT2D eigenvalue weighted by atomic mass is 16.5. The first-order valence-corrected chi connectivity index (χ1v) is 10.1. The number of nitrogens with two attached hydrogens (primary N) is 1. The van der Waals surface area contributed by atoms with Gasteiger partial charge in [0.1, 0.15) is 5.82 Å². The molecule has 0 unspecified atom stereocenters. The molecule has 3 N–H and O–H groups in total. The highest BCUT2D eigenvalue weighted by molar-refractivity contribution is 5.96. The smallest absolute Gasteiger partial charge is 0.330 e. The van der Waals surface area contributed by atoms with E-state index in [-0.39, 0.29) is 49.3 Å². The third-order valence-corrected chi connectivity index (χ3v) is 5.14. The lowest BCUT2D eigenvalue weighted by atomic mass is 10.2. The lowest BCUT2D eigenvalue weighted by Gasteiger charge is -2.35. The minimum atomic E-state index is -0.666. The number of anilines is 2. The summed E-state index contributed by atoms with van der Waals surface area (Å²) in [6.07, 6.45) is 0.0516. The largest absolute Gasteiger partial charge is 0.383 e. The molecule has 3 rings (SSSR count). The summed E-state index contributed by atoms with van der Waals surface area (Å²) in [7, 11) is 0. The number of nitrogens with one attached hydrogen (secondary N) is 1. The Morgan fingerprint density at radius 1 is 1.20 bits per heavy atom. The zero-order chi connectivity index (χ0) is 21.8. The predicted molar refractivity (Wildman–Crippen MR) is 116 cm³/mol. The third kappa shape index (κ3) is 4.80. The Hall–Kier alpha value is -2.91. The monoisotopic (exact) mass is 415 g/mol. The van der Waals surface area contributed by atoms with Crippen molar-refractivity contribution in [1.29, 1.82) is 0 Å². The van der Waals surface area contributed by atoms with Crippen molar-refractivity contribution in [2.75, 3.05) is 36.8 Å². The normalized spacial score (nSPS) is 19.6. The van der Waals surface area contributed by atoms with Crippen LogP contribution in [0.3, 0.4) is 0 Å². The van der Waals surface area contributed by atoms with E-state index in [0.29, 0.717) is 13.1 Å². The molecule has 1 aliphatic heterocycles. The Bertz CT molecular complexity index is 991. The van der Waals surface area contributed by atoms with Gasteiger partial charge in [-0.15, -0.1) is 0 Å². The van der Waals surface area contributed by atoms with Crippen LogP contribution in [0, 0.1) is 0 Å². The van der Waals surface area contributed by atoms with E-state index >= 15 is 0 Å². The number of carbonyl (C=O) groups excluding carboxylic acids is 1. The van der Waals surface area contributed by atoms with Crippen molar-refractivity contribution < 1.29 is 9.53 Å². The molecule has 9 heteroatoms. The van der Waals surface area contributed by atoms with Gasteiger partial charge in [-0.3, -0.25) is 24.0 Å². The molecule has 2 aromatic rings. The van der Waals surface area contributed by atoms with Crippen LogP contribution >= 0.6 is 0 Å². The Morgan fingerprint density at radius 3 is 2.43 bits per heavy atom. The van der Waals surface area contributed by atoms with Crippen molar-refractivity contribution in [3.8, 4) is 0 Å². The van der Waals surface area contributed by atoms with E-state index in [4.69, 9.17) is 10.5 Å². The fourth-order valence-corrected chi connectivity index (χ4v) is 3.91. The SMILES string of the molecule is CCN(C(=O)CN1C[C@H](C)O[C@@H](C)C1)c1c(N)n(Cc2ccccc2)c(=O)[nH]c1=O. The van der Waals surface area contributed by atoms with Crippen molar-refractivity contribution >= 4 is 17.4 Å². The van der Waals surface area contributed by atoms with Crippen LogP contribution in [-0.4, -0.2) is 58.7 Å². The molecular weight excluding hydrogens is 386 g/mol. The van der Waals surface area contributed by atoms with Gasteiger partial charge in [-0.05, 0) is 26.3 Å². The highest BCUT2D eigenvalue weighted by Gasteiger charge is 2.28. The topological polar surface area (TPSA) is 114 Å². The summed E-state index contributed by atoms with van der Waals surface area (Å²) in [5, 5.41) is 0. The summed E-state index contributed by atoms with van der Waals surface area (Å²) in [5.41, 5.74) is 5.83. The number of rotatable bonds is 6. The molecule has 162 valence electrons.